The summed E-state index contributed by atoms with van der Waals surface area (Å²) in [4.78, 5) is 10.5. The van der Waals surface area contributed by atoms with Crippen molar-refractivity contribution in [2.75, 3.05) is 5.73 Å². The van der Waals surface area contributed by atoms with Crippen molar-refractivity contribution < 1.29 is 4.92 Å². The average molecular weight is 313 g/mol. The van der Waals surface area contributed by atoms with Crippen molar-refractivity contribution in [3.63, 3.8) is 0 Å². The second kappa shape index (κ2) is 5.69. The van der Waals surface area contributed by atoms with Crippen molar-refractivity contribution in [1.82, 2.24) is 0 Å². The molecule has 1 aromatic rings. The fourth-order valence-electron chi connectivity index (χ4n) is 2.61. The van der Waals surface area contributed by atoms with Crippen LogP contribution >= 0.6 is 15.9 Å². The standard InChI is InChI=1S/C13H17BrN2O2/c14-13(9-4-2-1-3-5-9)10-6-7-12(16(17)18)11(15)8-10/h6-9,13H,1-5,15H2. The average Bonchev–Trinajstić information content (AvgIpc) is 2.38. The molecule has 1 aromatic carbocycles. The van der Waals surface area contributed by atoms with Crippen LogP contribution in [-0.4, -0.2) is 4.92 Å². The zero-order valence-corrected chi connectivity index (χ0v) is 11.7. The highest BCUT2D eigenvalue weighted by Crippen LogP contribution is 2.41. The van der Waals surface area contributed by atoms with Gasteiger partial charge in [-0.2, -0.15) is 0 Å². The number of nitrogen functional groups attached to an aromatic ring is 1. The van der Waals surface area contributed by atoms with Gasteiger partial charge in [-0.3, -0.25) is 10.1 Å². The molecule has 4 nitrogen and oxygen atoms in total. The first-order valence-corrected chi connectivity index (χ1v) is 7.19. The number of anilines is 1. The van der Waals surface area contributed by atoms with Crippen LogP contribution in [0.25, 0.3) is 0 Å². The molecule has 1 unspecified atom stereocenters. The van der Waals surface area contributed by atoms with Crippen LogP contribution in [0.2, 0.25) is 0 Å². The van der Waals surface area contributed by atoms with Crippen LogP contribution in [-0.2, 0) is 0 Å². The molecule has 0 heterocycles. The third kappa shape index (κ3) is 2.83. The molecule has 1 aliphatic carbocycles. The topological polar surface area (TPSA) is 69.2 Å². The quantitative estimate of drug-likeness (QED) is 0.393. The van der Waals surface area contributed by atoms with Gasteiger partial charge in [-0.25, -0.2) is 0 Å². The number of hydrogen-bond donors (Lipinski definition) is 1. The second-order valence-corrected chi connectivity index (χ2v) is 5.86. The Morgan fingerprint density at radius 3 is 2.56 bits per heavy atom. The van der Waals surface area contributed by atoms with Crippen molar-refractivity contribution in [1.29, 1.82) is 0 Å². The number of alkyl halides is 1. The lowest BCUT2D eigenvalue weighted by atomic mass is 9.84. The van der Waals surface area contributed by atoms with Crippen LogP contribution in [0.4, 0.5) is 11.4 Å². The number of nitro groups is 1. The lowest BCUT2D eigenvalue weighted by molar-refractivity contribution is -0.383. The predicted molar refractivity (Wildman–Crippen MR) is 75.8 cm³/mol. The summed E-state index contributed by atoms with van der Waals surface area (Å²) in [6, 6.07) is 5.04. The van der Waals surface area contributed by atoms with Crippen LogP contribution in [0.3, 0.4) is 0 Å². The fraction of sp³-hybridized carbons (Fsp3) is 0.538. The van der Waals surface area contributed by atoms with Gasteiger partial charge in [0.1, 0.15) is 5.69 Å². The molecule has 1 atom stereocenters. The molecule has 1 saturated carbocycles. The van der Waals surface area contributed by atoms with E-state index in [4.69, 9.17) is 5.73 Å². The predicted octanol–water partition coefficient (Wildman–Crippen LogP) is 4.19. The minimum Gasteiger partial charge on any atom is -0.393 e. The van der Waals surface area contributed by atoms with E-state index in [0.717, 1.165) is 5.56 Å². The van der Waals surface area contributed by atoms with E-state index in [1.807, 2.05) is 6.07 Å². The SMILES string of the molecule is Nc1cc(C(Br)C2CCCCC2)ccc1[N+](=O)[O-]. The highest BCUT2D eigenvalue weighted by atomic mass is 79.9. The molecule has 5 heteroatoms. The first-order chi connectivity index (χ1) is 8.59. The highest BCUT2D eigenvalue weighted by Gasteiger charge is 2.24. The summed E-state index contributed by atoms with van der Waals surface area (Å²) in [6.07, 6.45) is 6.29. The third-order valence-corrected chi connectivity index (χ3v) is 4.91. The van der Waals surface area contributed by atoms with Crippen molar-refractivity contribution in [3.8, 4) is 0 Å². The molecule has 1 aliphatic rings. The maximum Gasteiger partial charge on any atom is 0.292 e. The number of hydrogen-bond acceptors (Lipinski definition) is 3. The summed E-state index contributed by atoms with van der Waals surface area (Å²) in [6.45, 7) is 0. The molecular formula is C13H17BrN2O2. The molecule has 0 spiro atoms. The highest BCUT2D eigenvalue weighted by molar-refractivity contribution is 9.09. The largest absolute Gasteiger partial charge is 0.393 e. The Morgan fingerprint density at radius 1 is 1.33 bits per heavy atom. The van der Waals surface area contributed by atoms with Gasteiger partial charge in [-0.1, -0.05) is 41.3 Å². The second-order valence-electron chi connectivity index (χ2n) is 4.88. The van der Waals surface area contributed by atoms with E-state index in [1.165, 1.54) is 38.2 Å². The van der Waals surface area contributed by atoms with Crippen LogP contribution in [0.1, 0.15) is 42.5 Å². The van der Waals surface area contributed by atoms with E-state index < -0.39 is 4.92 Å². The number of nitrogens with two attached hydrogens (primary N) is 1. The van der Waals surface area contributed by atoms with E-state index in [9.17, 15) is 10.1 Å². The van der Waals surface area contributed by atoms with E-state index in [1.54, 1.807) is 6.07 Å². The van der Waals surface area contributed by atoms with Crippen molar-refractivity contribution in [3.05, 3.63) is 33.9 Å². The maximum atomic E-state index is 10.7. The Kier molecular flexibility index (Phi) is 4.22. The van der Waals surface area contributed by atoms with Gasteiger partial charge in [0.2, 0.25) is 0 Å². The molecule has 2 N–H and O–H groups in total. The van der Waals surface area contributed by atoms with Gasteiger partial charge in [0.05, 0.1) is 4.92 Å². The van der Waals surface area contributed by atoms with Crippen LogP contribution < -0.4 is 5.73 Å². The molecule has 0 bridgehead atoms. The Bertz CT molecular complexity index is 445. The summed E-state index contributed by atoms with van der Waals surface area (Å²) in [5.41, 5.74) is 7.01. The van der Waals surface area contributed by atoms with Gasteiger partial charge in [-0.15, -0.1) is 0 Å². The summed E-state index contributed by atoms with van der Waals surface area (Å²) in [5.74, 6) is 0.611. The molecule has 0 saturated heterocycles. The lowest BCUT2D eigenvalue weighted by Gasteiger charge is -2.26. The first-order valence-electron chi connectivity index (χ1n) is 6.27. The van der Waals surface area contributed by atoms with Gasteiger partial charge in [0, 0.05) is 10.9 Å². The smallest absolute Gasteiger partial charge is 0.292 e. The van der Waals surface area contributed by atoms with Gasteiger partial charge < -0.3 is 5.73 Å². The molecule has 0 aromatic heterocycles. The minimum atomic E-state index is -0.442. The normalized spacial score (nSPS) is 18.5. The van der Waals surface area contributed by atoms with Crippen molar-refractivity contribution in [2.24, 2.45) is 5.92 Å². The molecule has 0 radical (unpaired) electrons. The Morgan fingerprint density at radius 2 is 2.00 bits per heavy atom. The maximum absolute atomic E-state index is 10.7. The van der Waals surface area contributed by atoms with Gasteiger partial charge in [0.25, 0.3) is 5.69 Å². The van der Waals surface area contributed by atoms with Crippen molar-refractivity contribution in [2.45, 2.75) is 36.9 Å². The van der Waals surface area contributed by atoms with Crippen LogP contribution in [0, 0.1) is 16.0 Å². The van der Waals surface area contributed by atoms with E-state index in [-0.39, 0.29) is 16.2 Å². The Balaban J connectivity index is 2.17. The van der Waals surface area contributed by atoms with Gasteiger partial charge >= 0.3 is 0 Å². The zero-order valence-electron chi connectivity index (χ0n) is 10.1. The molecule has 2 rings (SSSR count). The van der Waals surface area contributed by atoms with E-state index in [2.05, 4.69) is 15.9 Å². The number of nitrogens with zero attached hydrogens (tertiary/aromatic N) is 1. The summed E-state index contributed by atoms with van der Waals surface area (Å²) >= 11 is 3.72. The lowest BCUT2D eigenvalue weighted by Crippen LogP contribution is -2.12. The fourth-order valence-corrected chi connectivity index (χ4v) is 3.42. The summed E-state index contributed by atoms with van der Waals surface area (Å²) < 4.78 is 0. The number of benzene rings is 1. The number of halogens is 1. The van der Waals surface area contributed by atoms with E-state index >= 15 is 0 Å². The van der Waals surface area contributed by atoms with Crippen LogP contribution in [0.5, 0.6) is 0 Å². The van der Waals surface area contributed by atoms with Crippen LogP contribution in [0.15, 0.2) is 18.2 Å². The zero-order chi connectivity index (χ0) is 13.1. The number of rotatable bonds is 3. The summed E-state index contributed by atoms with van der Waals surface area (Å²) in [5, 5.41) is 10.7. The van der Waals surface area contributed by atoms with Gasteiger partial charge in [0.15, 0.2) is 0 Å². The summed E-state index contributed by atoms with van der Waals surface area (Å²) in [7, 11) is 0. The third-order valence-electron chi connectivity index (χ3n) is 3.63. The van der Waals surface area contributed by atoms with Crippen molar-refractivity contribution >= 4 is 27.3 Å². The molecule has 0 aliphatic heterocycles. The van der Waals surface area contributed by atoms with E-state index in [0.29, 0.717) is 5.92 Å². The first kappa shape index (κ1) is 13.3. The molecule has 98 valence electrons. The molecular weight excluding hydrogens is 296 g/mol. The number of nitro benzene ring substituents is 1. The minimum absolute atomic E-state index is 0.0119. The Hall–Kier alpha value is -1.10. The molecule has 1 fully saturated rings. The molecule has 18 heavy (non-hydrogen) atoms. The monoisotopic (exact) mass is 312 g/mol. The Labute approximate surface area is 115 Å². The van der Waals surface area contributed by atoms with Gasteiger partial charge in [-0.05, 0) is 30.4 Å². The molecule has 0 amide bonds.